The molecule has 0 aliphatic carbocycles. The predicted molar refractivity (Wildman–Crippen MR) is 77.6 cm³/mol. The van der Waals surface area contributed by atoms with Gasteiger partial charge in [-0.15, -0.1) is 0 Å². The van der Waals surface area contributed by atoms with Crippen LogP contribution in [-0.2, 0) is 0 Å². The molecule has 1 N–H and O–H groups in total. The van der Waals surface area contributed by atoms with Crippen molar-refractivity contribution in [3.8, 4) is 11.5 Å². The highest BCUT2D eigenvalue weighted by molar-refractivity contribution is 9.10. The van der Waals surface area contributed by atoms with Gasteiger partial charge in [-0.3, -0.25) is 0 Å². The molecule has 1 unspecified atom stereocenters. The summed E-state index contributed by atoms with van der Waals surface area (Å²) in [7, 11) is 1.59. The summed E-state index contributed by atoms with van der Waals surface area (Å²) in [5.41, 5.74) is 0.827. The second kappa shape index (κ2) is 6.59. The van der Waals surface area contributed by atoms with Gasteiger partial charge in [-0.2, -0.15) is 0 Å². The summed E-state index contributed by atoms with van der Waals surface area (Å²) in [6, 6.07) is 15.0. The first-order valence-electron chi connectivity index (χ1n) is 5.90. The van der Waals surface area contributed by atoms with E-state index in [-0.39, 0.29) is 6.61 Å². The Hall–Kier alpha value is -1.52. The van der Waals surface area contributed by atoms with Gasteiger partial charge < -0.3 is 14.6 Å². The second-order valence-electron chi connectivity index (χ2n) is 4.01. The van der Waals surface area contributed by atoms with Crippen molar-refractivity contribution in [3.05, 3.63) is 58.6 Å². The highest BCUT2D eigenvalue weighted by Gasteiger charge is 2.12. The van der Waals surface area contributed by atoms with E-state index in [0.717, 1.165) is 10.0 Å². The van der Waals surface area contributed by atoms with Crippen LogP contribution in [0.4, 0.5) is 0 Å². The van der Waals surface area contributed by atoms with Crippen LogP contribution < -0.4 is 9.47 Å². The first-order chi connectivity index (χ1) is 9.22. The molecule has 0 fully saturated rings. The lowest BCUT2D eigenvalue weighted by atomic mass is 10.1. The summed E-state index contributed by atoms with van der Waals surface area (Å²) >= 11 is 3.41. The van der Waals surface area contributed by atoms with Gasteiger partial charge in [-0.25, -0.2) is 0 Å². The Morgan fingerprint density at radius 2 is 1.84 bits per heavy atom. The number of para-hydroxylation sites is 1. The number of halogens is 1. The molecule has 1 atom stereocenters. The van der Waals surface area contributed by atoms with Gasteiger partial charge in [0.2, 0.25) is 0 Å². The first-order valence-corrected chi connectivity index (χ1v) is 6.70. The number of rotatable bonds is 5. The zero-order chi connectivity index (χ0) is 13.7. The van der Waals surface area contributed by atoms with E-state index in [1.54, 1.807) is 7.11 Å². The van der Waals surface area contributed by atoms with Gasteiger partial charge in [0.25, 0.3) is 0 Å². The lowest BCUT2D eigenvalue weighted by molar-refractivity contribution is 0.106. The van der Waals surface area contributed by atoms with Gasteiger partial charge >= 0.3 is 0 Å². The molecule has 0 heterocycles. The molecule has 0 bridgehead atoms. The normalized spacial score (nSPS) is 11.9. The van der Waals surface area contributed by atoms with Gasteiger partial charge in [0, 0.05) is 0 Å². The topological polar surface area (TPSA) is 38.7 Å². The molecule has 0 aliphatic rings. The fraction of sp³-hybridized carbons (Fsp3) is 0.200. The van der Waals surface area contributed by atoms with E-state index in [4.69, 9.17) is 9.47 Å². The molecule has 3 nitrogen and oxygen atoms in total. The van der Waals surface area contributed by atoms with E-state index in [1.165, 1.54) is 0 Å². The number of benzene rings is 2. The quantitative estimate of drug-likeness (QED) is 0.914. The molecule has 19 heavy (non-hydrogen) atoms. The summed E-state index contributed by atoms with van der Waals surface area (Å²) in [6.07, 6.45) is -0.669. The third-order valence-corrected chi connectivity index (χ3v) is 3.35. The Kier molecular flexibility index (Phi) is 4.82. The third kappa shape index (κ3) is 3.49. The lowest BCUT2D eigenvalue weighted by Gasteiger charge is -2.15. The van der Waals surface area contributed by atoms with Crippen LogP contribution in [0.25, 0.3) is 0 Å². The zero-order valence-corrected chi connectivity index (χ0v) is 12.1. The van der Waals surface area contributed by atoms with Crippen molar-refractivity contribution in [2.75, 3.05) is 13.7 Å². The van der Waals surface area contributed by atoms with Crippen LogP contribution in [0.3, 0.4) is 0 Å². The molecule has 0 aromatic heterocycles. The Bertz CT molecular complexity index is 528. The van der Waals surface area contributed by atoms with E-state index in [0.29, 0.717) is 11.5 Å². The summed E-state index contributed by atoms with van der Waals surface area (Å²) in [5.74, 6) is 1.23. The average Bonchev–Trinajstić information content (AvgIpc) is 2.46. The van der Waals surface area contributed by atoms with Crippen molar-refractivity contribution in [1.29, 1.82) is 0 Å². The molecule has 0 amide bonds. The molecule has 0 saturated heterocycles. The van der Waals surface area contributed by atoms with Crippen molar-refractivity contribution in [2.24, 2.45) is 0 Å². The van der Waals surface area contributed by atoms with Crippen LogP contribution in [0.15, 0.2) is 53.0 Å². The van der Waals surface area contributed by atoms with E-state index in [2.05, 4.69) is 15.9 Å². The second-order valence-corrected chi connectivity index (χ2v) is 4.86. The molecule has 2 rings (SSSR count). The number of aliphatic hydroxyl groups is 1. The standard InChI is InChI=1S/C15H15BrO3/c1-18-14-9-5-8-12(16)15(14)19-10-13(17)11-6-3-2-4-7-11/h2-9,13,17H,10H2,1H3. The van der Waals surface area contributed by atoms with Gasteiger partial charge in [0.1, 0.15) is 12.7 Å². The predicted octanol–water partition coefficient (Wildman–Crippen LogP) is 3.57. The van der Waals surface area contributed by atoms with E-state index >= 15 is 0 Å². The molecule has 0 radical (unpaired) electrons. The number of hydrogen-bond donors (Lipinski definition) is 1. The van der Waals surface area contributed by atoms with Crippen molar-refractivity contribution >= 4 is 15.9 Å². The van der Waals surface area contributed by atoms with Crippen molar-refractivity contribution < 1.29 is 14.6 Å². The van der Waals surface area contributed by atoms with Crippen LogP contribution in [-0.4, -0.2) is 18.8 Å². The fourth-order valence-corrected chi connectivity index (χ4v) is 2.19. The summed E-state index contributed by atoms with van der Waals surface area (Å²) in [6.45, 7) is 0.170. The number of hydrogen-bond acceptors (Lipinski definition) is 3. The monoisotopic (exact) mass is 322 g/mol. The SMILES string of the molecule is COc1cccc(Br)c1OCC(O)c1ccccc1. The number of aliphatic hydroxyl groups excluding tert-OH is 1. The van der Waals surface area contributed by atoms with Gasteiger partial charge in [-0.1, -0.05) is 36.4 Å². The number of ether oxygens (including phenoxy) is 2. The van der Waals surface area contributed by atoms with Crippen LogP contribution in [0, 0.1) is 0 Å². The molecule has 2 aromatic rings. The maximum atomic E-state index is 10.1. The van der Waals surface area contributed by atoms with Crippen LogP contribution in [0.5, 0.6) is 11.5 Å². The van der Waals surface area contributed by atoms with Crippen LogP contribution in [0.2, 0.25) is 0 Å². The summed E-state index contributed by atoms with van der Waals surface area (Å²) in [4.78, 5) is 0. The van der Waals surface area contributed by atoms with Gasteiger partial charge in [0.05, 0.1) is 11.6 Å². The third-order valence-electron chi connectivity index (χ3n) is 2.72. The minimum Gasteiger partial charge on any atom is -0.493 e. The minimum absolute atomic E-state index is 0.170. The zero-order valence-electron chi connectivity index (χ0n) is 10.5. The molecule has 4 heteroatoms. The van der Waals surface area contributed by atoms with Crippen molar-refractivity contribution in [1.82, 2.24) is 0 Å². The molecule has 0 aliphatic heterocycles. The fourth-order valence-electron chi connectivity index (χ4n) is 1.72. The molecule has 2 aromatic carbocycles. The Balaban J connectivity index is 2.07. The molecular weight excluding hydrogens is 308 g/mol. The molecule has 0 spiro atoms. The van der Waals surface area contributed by atoms with Crippen LogP contribution in [0.1, 0.15) is 11.7 Å². The van der Waals surface area contributed by atoms with E-state index in [1.807, 2.05) is 48.5 Å². The lowest BCUT2D eigenvalue weighted by Crippen LogP contribution is -2.10. The van der Waals surface area contributed by atoms with Crippen molar-refractivity contribution in [2.45, 2.75) is 6.10 Å². The van der Waals surface area contributed by atoms with Gasteiger partial charge in [-0.05, 0) is 33.6 Å². The smallest absolute Gasteiger partial charge is 0.175 e. The van der Waals surface area contributed by atoms with Gasteiger partial charge in [0.15, 0.2) is 11.5 Å². The summed E-state index contributed by atoms with van der Waals surface area (Å²) < 4.78 is 11.7. The van der Waals surface area contributed by atoms with E-state index < -0.39 is 6.10 Å². The molecule has 100 valence electrons. The highest BCUT2D eigenvalue weighted by atomic mass is 79.9. The largest absolute Gasteiger partial charge is 0.493 e. The number of methoxy groups -OCH3 is 1. The Labute approximate surface area is 120 Å². The minimum atomic E-state index is -0.669. The summed E-state index contributed by atoms with van der Waals surface area (Å²) in [5, 5.41) is 10.1. The maximum absolute atomic E-state index is 10.1. The first kappa shape index (κ1) is 13.9. The van der Waals surface area contributed by atoms with Crippen LogP contribution >= 0.6 is 15.9 Å². The Morgan fingerprint density at radius 1 is 1.11 bits per heavy atom. The molecular formula is C15H15BrO3. The average molecular weight is 323 g/mol. The Morgan fingerprint density at radius 3 is 2.53 bits per heavy atom. The molecule has 0 saturated carbocycles. The van der Waals surface area contributed by atoms with E-state index in [9.17, 15) is 5.11 Å². The van der Waals surface area contributed by atoms with Crippen molar-refractivity contribution in [3.63, 3.8) is 0 Å². The highest BCUT2D eigenvalue weighted by Crippen LogP contribution is 2.35. The maximum Gasteiger partial charge on any atom is 0.175 e.